The van der Waals surface area contributed by atoms with Crippen molar-refractivity contribution in [2.24, 2.45) is 5.92 Å². The molecule has 0 fully saturated rings. The Hall–Kier alpha value is -0.570. The number of rotatable bonds is 2. The lowest BCUT2D eigenvalue weighted by Gasteiger charge is -1.90. The van der Waals surface area contributed by atoms with E-state index in [4.69, 9.17) is 0 Å². The van der Waals surface area contributed by atoms with E-state index in [0.717, 1.165) is 12.3 Å². The van der Waals surface area contributed by atoms with Crippen molar-refractivity contribution < 1.29 is 0 Å². The zero-order valence-electron chi connectivity index (χ0n) is 5.86. The standard InChI is InChI=1S/C8H13/c1-4-5-6-7-8(2)3/h6,8H,7H2,1-3H3/q+1. The predicted octanol–water partition coefficient (Wildman–Crippen LogP) is 2.26. The first-order valence-electron chi connectivity index (χ1n) is 3.01. The van der Waals surface area contributed by atoms with Crippen LogP contribution in [0.2, 0.25) is 0 Å². The highest BCUT2D eigenvalue weighted by Gasteiger charge is 1.94. The maximum absolute atomic E-state index is 2.90. The zero-order valence-corrected chi connectivity index (χ0v) is 5.86. The molecule has 0 aromatic heterocycles. The van der Waals surface area contributed by atoms with E-state index in [0.29, 0.717) is 0 Å². The Morgan fingerprint density at radius 1 is 1.50 bits per heavy atom. The van der Waals surface area contributed by atoms with E-state index in [1.165, 1.54) is 0 Å². The molecular weight excluding hydrogens is 96.1 g/mol. The largest absolute Gasteiger partial charge is 0.138 e. The Morgan fingerprint density at radius 2 is 2.12 bits per heavy atom. The summed E-state index contributed by atoms with van der Waals surface area (Å²) in [7, 11) is 0. The van der Waals surface area contributed by atoms with Crippen molar-refractivity contribution in [3.8, 4) is 11.8 Å². The minimum absolute atomic E-state index is 0.746. The summed E-state index contributed by atoms with van der Waals surface area (Å²) in [6.07, 6.45) is 3.13. The van der Waals surface area contributed by atoms with Crippen LogP contribution >= 0.6 is 0 Å². The number of hydrogen-bond acceptors (Lipinski definition) is 0. The summed E-state index contributed by atoms with van der Waals surface area (Å²) in [5.74, 6) is 6.47. The van der Waals surface area contributed by atoms with Gasteiger partial charge in [0.25, 0.3) is 0 Å². The van der Waals surface area contributed by atoms with Crippen molar-refractivity contribution >= 4 is 0 Å². The molecule has 0 aliphatic carbocycles. The van der Waals surface area contributed by atoms with Gasteiger partial charge in [0.05, 0.1) is 13.3 Å². The minimum Gasteiger partial charge on any atom is -0.0607 e. The van der Waals surface area contributed by atoms with Crippen LogP contribution in [0.15, 0.2) is 0 Å². The van der Waals surface area contributed by atoms with Gasteiger partial charge in [0.1, 0.15) is 11.8 Å². The molecule has 0 bridgehead atoms. The van der Waals surface area contributed by atoms with Gasteiger partial charge in [-0.05, 0) is 5.92 Å². The smallest absolute Gasteiger partial charge is 0.0607 e. The van der Waals surface area contributed by atoms with E-state index in [9.17, 15) is 0 Å². The Labute approximate surface area is 52.3 Å². The van der Waals surface area contributed by atoms with Gasteiger partial charge in [0.2, 0.25) is 0 Å². The molecule has 0 spiro atoms. The van der Waals surface area contributed by atoms with Gasteiger partial charge in [0, 0.05) is 6.42 Å². The topological polar surface area (TPSA) is 0 Å². The number of hydrogen-bond donors (Lipinski definition) is 0. The zero-order chi connectivity index (χ0) is 6.41. The second-order valence-electron chi connectivity index (χ2n) is 2.23. The molecule has 0 atom stereocenters. The predicted molar refractivity (Wildman–Crippen MR) is 37.2 cm³/mol. The molecule has 0 unspecified atom stereocenters. The highest BCUT2D eigenvalue weighted by molar-refractivity contribution is 5.07. The summed E-state index contributed by atoms with van der Waals surface area (Å²) in [5, 5.41) is 0. The maximum Gasteiger partial charge on any atom is 0.138 e. The third-order valence-corrected chi connectivity index (χ3v) is 0.836. The van der Waals surface area contributed by atoms with Crippen molar-refractivity contribution in [2.75, 3.05) is 0 Å². The van der Waals surface area contributed by atoms with Gasteiger partial charge in [-0.15, -0.1) is 0 Å². The first-order chi connectivity index (χ1) is 3.77. The molecule has 44 valence electrons. The van der Waals surface area contributed by atoms with Gasteiger partial charge < -0.3 is 0 Å². The Bertz CT molecular complexity index is 90.3. The molecule has 0 aromatic rings. The molecule has 0 nitrogen and oxygen atoms in total. The van der Waals surface area contributed by atoms with Gasteiger partial charge in [-0.1, -0.05) is 13.8 Å². The summed E-state index contributed by atoms with van der Waals surface area (Å²) >= 11 is 0. The lowest BCUT2D eigenvalue weighted by atomic mass is 10.1. The summed E-state index contributed by atoms with van der Waals surface area (Å²) in [5.41, 5.74) is 0. The van der Waals surface area contributed by atoms with Crippen molar-refractivity contribution in [2.45, 2.75) is 27.2 Å². The molecule has 0 N–H and O–H groups in total. The van der Waals surface area contributed by atoms with Crippen LogP contribution in [0.3, 0.4) is 0 Å². The minimum atomic E-state index is 0.746. The van der Waals surface area contributed by atoms with Crippen LogP contribution in [-0.2, 0) is 0 Å². The average molecular weight is 109 g/mol. The Kier molecular flexibility index (Phi) is 4.26. The quantitative estimate of drug-likeness (QED) is 0.377. The van der Waals surface area contributed by atoms with E-state index in [2.05, 4.69) is 25.7 Å². The van der Waals surface area contributed by atoms with Crippen molar-refractivity contribution in [1.29, 1.82) is 0 Å². The molecular formula is C8H13+. The van der Waals surface area contributed by atoms with Gasteiger partial charge in [-0.25, -0.2) is 0 Å². The van der Waals surface area contributed by atoms with Crippen LogP contribution in [-0.4, -0.2) is 0 Å². The lowest BCUT2D eigenvalue weighted by molar-refractivity contribution is 0.649. The van der Waals surface area contributed by atoms with E-state index in [-0.39, 0.29) is 0 Å². The molecule has 0 radical (unpaired) electrons. The van der Waals surface area contributed by atoms with E-state index in [1.54, 1.807) is 0 Å². The summed E-state index contributed by atoms with van der Waals surface area (Å²) in [4.78, 5) is 0. The molecule has 0 heterocycles. The third-order valence-electron chi connectivity index (χ3n) is 0.836. The molecule has 0 saturated carbocycles. The maximum atomic E-state index is 2.90. The van der Waals surface area contributed by atoms with Gasteiger partial charge in [0.15, 0.2) is 0 Å². The molecule has 0 saturated heterocycles. The highest BCUT2D eigenvalue weighted by atomic mass is 13.9. The first kappa shape index (κ1) is 7.43. The van der Waals surface area contributed by atoms with E-state index in [1.807, 2.05) is 13.3 Å². The summed E-state index contributed by atoms with van der Waals surface area (Å²) in [6.45, 7) is 6.23. The second-order valence-corrected chi connectivity index (χ2v) is 2.23. The van der Waals surface area contributed by atoms with Crippen LogP contribution in [0, 0.1) is 24.2 Å². The SMILES string of the molecule is CC#C[CH+]CC(C)C. The molecule has 0 heteroatoms. The van der Waals surface area contributed by atoms with Crippen LogP contribution in [0.1, 0.15) is 27.2 Å². The molecule has 8 heavy (non-hydrogen) atoms. The molecule has 0 amide bonds. The monoisotopic (exact) mass is 109 g/mol. The molecule has 0 rings (SSSR count). The Morgan fingerprint density at radius 3 is 2.50 bits per heavy atom. The van der Waals surface area contributed by atoms with Crippen LogP contribution in [0.25, 0.3) is 0 Å². The van der Waals surface area contributed by atoms with Crippen LogP contribution in [0.5, 0.6) is 0 Å². The fourth-order valence-corrected chi connectivity index (χ4v) is 0.397. The average Bonchev–Trinajstić information content (AvgIpc) is 1.66. The lowest BCUT2D eigenvalue weighted by Crippen LogP contribution is -1.84. The first-order valence-corrected chi connectivity index (χ1v) is 3.01. The molecule has 0 aliphatic rings. The molecule has 0 aromatic carbocycles. The van der Waals surface area contributed by atoms with Crippen LogP contribution < -0.4 is 0 Å². The molecule has 0 aliphatic heterocycles. The van der Waals surface area contributed by atoms with E-state index < -0.39 is 0 Å². The fraction of sp³-hybridized carbons (Fsp3) is 0.625. The second kappa shape index (κ2) is 4.59. The Balaban J connectivity index is 3.01. The summed E-state index contributed by atoms with van der Waals surface area (Å²) < 4.78 is 0. The van der Waals surface area contributed by atoms with Crippen molar-refractivity contribution in [1.82, 2.24) is 0 Å². The summed E-state index contributed by atoms with van der Waals surface area (Å²) in [6, 6.07) is 0. The highest BCUT2D eigenvalue weighted by Crippen LogP contribution is 1.99. The van der Waals surface area contributed by atoms with Crippen molar-refractivity contribution in [3.63, 3.8) is 0 Å². The third kappa shape index (κ3) is 5.43. The van der Waals surface area contributed by atoms with Gasteiger partial charge in [-0.3, -0.25) is 0 Å². The van der Waals surface area contributed by atoms with Gasteiger partial charge >= 0.3 is 0 Å². The van der Waals surface area contributed by atoms with Crippen molar-refractivity contribution in [3.05, 3.63) is 6.42 Å². The van der Waals surface area contributed by atoms with Gasteiger partial charge in [-0.2, -0.15) is 0 Å². The fourth-order valence-electron chi connectivity index (χ4n) is 0.397. The van der Waals surface area contributed by atoms with Crippen LogP contribution in [0.4, 0.5) is 0 Å². The normalized spacial score (nSPS) is 8.00. The van der Waals surface area contributed by atoms with E-state index >= 15 is 0 Å².